The zero-order valence-electron chi connectivity index (χ0n) is 21.4. The number of sulfonamides is 2. The standard InChI is InChI=1S/C25H26N6O6S2/c1-16-22(24(32)30(26-16)20-12-8-18(9-13-20)28-38(3,34)35)6-5-7-23-17(2)27-31(25(23)33)21-14-10-19(11-15-21)29-39(4,36)37/h5-15,28-29,32H,1-4H3. The Morgan fingerprint density at radius 2 is 1.36 bits per heavy atom. The number of carbonyl (C=O) groups is 1. The van der Waals surface area contributed by atoms with Crippen LogP contribution >= 0.6 is 0 Å². The van der Waals surface area contributed by atoms with E-state index in [4.69, 9.17) is 0 Å². The summed E-state index contributed by atoms with van der Waals surface area (Å²) in [6.45, 7) is 3.42. The van der Waals surface area contributed by atoms with E-state index in [1.54, 1.807) is 68.5 Å². The van der Waals surface area contributed by atoms with Crippen LogP contribution < -0.4 is 14.5 Å². The minimum absolute atomic E-state index is 0.126. The van der Waals surface area contributed by atoms with Gasteiger partial charge in [0.05, 0.1) is 46.4 Å². The molecule has 3 aromatic rings. The van der Waals surface area contributed by atoms with Crippen LogP contribution in [0.1, 0.15) is 18.2 Å². The van der Waals surface area contributed by atoms with Gasteiger partial charge in [-0.3, -0.25) is 14.2 Å². The van der Waals surface area contributed by atoms with E-state index in [0.717, 1.165) is 12.5 Å². The number of nitrogens with zero attached hydrogens (tertiary/aromatic N) is 4. The molecule has 14 heteroatoms. The van der Waals surface area contributed by atoms with E-state index in [0.29, 0.717) is 45.3 Å². The first-order valence-corrected chi connectivity index (χ1v) is 15.2. The lowest BCUT2D eigenvalue weighted by Gasteiger charge is -2.12. The Balaban J connectivity index is 1.51. The second kappa shape index (κ2) is 10.4. The van der Waals surface area contributed by atoms with Crippen LogP contribution in [0.5, 0.6) is 5.88 Å². The summed E-state index contributed by atoms with van der Waals surface area (Å²) in [5.41, 5.74) is 3.55. The van der Waals surface area contributed by atoms with Gasteiger partial charge in [-0.05, 0) is 74.5 Å². The van der Waals surface area contributed by atoms with Gasteiger partial charge in [-0.2, -0.15) is 15.2 Å². The SMILES string of the molecule is CC1=NN(c2ccc(NS(C)(=O)=O)cc2)C(=O)C1=CC=Cc1c(C)nn(-c2ccc(NS(C)(=O)=O)cc2)c1O. The van der Waals surface area contributed by atoms with Gasteiger partial charge in [-0.25, -0.2) is 21.5 Å². The van der Waals surface area contributed by atoms with Crippen molar-refractivity contribution in [2.24, 2.45) is 5.10 Å². The van der Waals surface area contributed by atoms with Crippen LogP contribution in [-0.2, 0) is 24.8 Å². The van der Waals surface area contributed by atoms with Crippen LogP contribution in [0.4, 0.5) is 17.1 Å². The van der Waals surface area contributed by atoms with Crippen molar-refractivity contribution in [2.45, 2.75) is 13.8 Å². The van der Waals surface area contributed by atoms with E-state index in [-0.39, 0.29) is 11.8 Å². The number of carbonyl (C=O) groups excluding carboxylic acids is 1. The Hall–Kier alpha value is -4.43. The molecule has 204 valence electrons. The number of rotatable bonds is 8. The van der Waals surface area contributed by atoms with Crippen LogP contribution in [0, 0.1) is 6.92 Å². The van der Waals surface area contributed by atoms with Crippen molar-refractivity contribution < 1.29 is 26.7 Å². The van der Waals surface area contributed by atoms with E-state index in [2.05, 4.69) is 19.6 Å². The number of hydrogen-bond acceptors (Lipinski definition) is 8. The third-order valence-electron chi connectivity index (χ3n) is 5.50. The average Bonchev–Trinajstić information content (AvgIpc) is 3.28. The zero-order valence-corrected chi connectivity index (χ0v) is 23.1. The quantitative estimate of drug-likeness (QED) is 0.351. The highest BCUT2D eigenvalue weighted by atomic mass is 32.2. The first kappa shape index (κ1) is 27.6. The Morgan fingerprint density at radius 3 is 1.87 bits per heavy atom. The van der Waals surface area contributed by atoms with Gasteiger partial charge in [0.15, 0.2) is 0 Å². The molecule has 0 unspecified atom stereocenters. The minimum Gasteiger partial charge on any atom is -0.493 e. The predicted octanol–water partition coefficient (Wildman–Crippen LogP) is 2.99. The number of hydrazone groups is 1. The highest BCUT2D eigenvalue weighted by molar-refractivity contribution is 7.92. The van der Waals surface area contributed by atoms with Crippen molar-refractivity contribution >= 4 is 54.8 Å². The molecule has 0 fully saturated rings. The number of hydrogen-bond donors (Lipinski definition) is 3. The average molecular weight is 571 g/mol. The van der Waals surface area contributed by atoms with Crippen LogP contribution in [-0.4, -0.2) is 55.9 Å². The highest BCUT2D eigenvalue weighted by Gasteiger charge is 2.28. The number of aromatic nitrogens is 2. The molecule has 1 amide bonds. The van der Waals surface area contributed by atoms with Crippen LogP contribution in [0.2, 0.25) is 0 Å². The van der Waals surface area contributed by atoms with Crippen LogP contribution in [0.15, 0.2) is 71.4 Å². The minimum atomic E-state index is -3.42. The summed E-state index contributed by atoms with van der Waals surface area (Å²) in [4.78, 5) is 13.0. The summed E-state index contributed by atoms with van der Waals surface area (Å²) in [5.74, 6) is -0.487. The smallest absolute Gasteiger partial charge is 0.280 e. The summed E-state index contributed by atoms with van der Waals surface area (Å²) in [7, 11) is -6.83. The monoisotopic (exact) mass is 570 g/mol. The fraction of sp³-hybridized carbons (Fsp3) is 0.160. The molecule has 0 saturated carbocycles. The number of anilines is 3. The normalized spacial score (nSPS) is 15.3. The molecule has 39 heavy (non-hydrogen) atoms. The molecule has 0 saturated heterocycles. The largest absolute Gasteiger partial charge is 0.493 e. The van der Waals surface area contributed by atoms with Crippen LogP contribution in [0.25, 0.3) is 11.8 Å². The summed E-state index contributed by atoms with van der Waals surface area (Å²) < 4.78 is 51.7. The predicted molar refractivity (Wildman–Crippen MR) is 151 cm³/mol. The lowest BCUT2D eigenvalue weighted by atomic mass is 10.1. The molecule has 0 atom stereocenters. The third kappa shape index (κ3) is 6.53. The van der Waals surface area contributed by atoms with Crippen molar-refractivity contribution in [3.8, 4) is 11.6 Å². The molecule has 12 nitrogen and oxygen atoms in total. The third-order valence-corrected chi connectivity index (χ3v) is 6.71. The van der Waals surface area contributed by atoms with Gasteiger partial charge in [0.25, 0.3) is 5.91 Å². The van der Waals surface area contributed by atoms with Gasteiger partial charge < -0.3 is 5.11 Å². The molecule has 0 aliphatic carbocycles. The Morgan fingerprint density at radius 1 is 0.846 bits per heavy atom. The maximum Gasteiger partial charge on any atom is 0.280 e. The maximum absolute atomic E-state index is 13.0. The molecular weight excluding hydrogens is 544 g/mol. The molecule has 4 rings (SSSR count). The second-order valence-corrected chi connectivity index (χ2v) is 12.3. The molecule has 3 N–H and O–H groups in total. The fourth-order valence-electron chi connectivity index (χ4n) is 3.80. The number of benzene rings is 2. The first-order chi connectivity index (χ1) is 18.2. The number of aromatic hydroxyl groups is 1. The molecule has 0 radical (unpaired) electrons. The topological polar surface area (TPSA) is 163 Å². The van der Waals surface area contributed by atoms with E-state index < -0.39 is 20.0 Å². The van der Waals surface area contributed by atoms with Crippen molar-refractivity contribution in [3.63, 3.8) is 0 Å². The van der Waals surface area contributed by atoms with E-state index in [1.807, 2.05) is 0 Å². The summed E-state index contributed by atoms with van der Waals surface area (Å²) in [6, 6.07) is 12.6. The molecule has 1 aliphatic heterocycles. The molecule has 2 aromatic carbocycles. The van der Waals surface area contributed by atoms with E-state index >= 15 is 0 Å². The Labute approximate surface area is 226 Å². The van der Waals surface area contributed by atoms with Gasteiger partial charge in [-0.1, -0.05) is 6.08 Å². The van der Waals surface area contributed by atoms with Gasteiger partial charge in [-0.15, -0.1) is 0 Å². The van der Waals surface area contributed by atoms with Gasteiger partial charge in [0.1, 0.15) is 0 Å². The second-order valence-electron chi connectivity index (χ2n) is 8.82. The lowest BCUT2D eigenvalue weighted by molar-refractivity contribution is -0.114. The summed E-state index contributed by atoms with van der Waals surface area (Å²) in [6.07, 6.45) is 6.92. The first-order valence-electron chi connectivity index (χ1n) is 11.4. The molecule has 1 aromatic heterocycles. The van der Waals surface area contributed by atoms with Gasteiger partial charge in [0, 0.05) is 11.4 Å². The highest BCUT2D eigenvalue weighted by Crippen LogP contribution is 2.28. The molecular formula is C25H26N6O6S2. The molecule has 2 heterocycles. The van der Waals surface area contributed by atoms with Crippen molar-refractivity contribution in [1.82, 2.24) is 9.78 Å². The van der Waals surface area contributed by atoms with Crippen molar-refractivity contribution in [2.75, 3.05) is 27.0 Å². The Bertz CT molecular complexity index is 1740. The van der Waals surface area contributed by atoms with Crippen molar-refractivity contribution in [1.29, 1.82) is 0 Å². The maximum atomic E-state index is 13.0. The number of nitrogens with one attached hydrogen (secondary N) is 2. The van der Waals surface area contributed by atoms with Crippen LogP contribution in [0.3, 0.4) is 0 Å². The van der Waals surface area contributed by atoms with Crippen molar-refractivity contribution in [3.05, 3.63) is 77.5 Å². The number of amides is 1. The molecule has 0 spiro atoms. The summed E-state index contributed by atoms with van der Waals surface area (Å²) in [5, 5.41) is 20.7. The summed E-state index contributed by atoms with van der Waals surface area (Å²) >= 11 is 0. The van der Waals surface area contributed by atoms with Gasteiger partial charge >= 0.3 is 0 Å². The lowest BCUT2D eigenvalue weighted by Crippen LogP contribution is -2.21. The Kier molecular flexibility index (Phi) is 7.35. The van der Waals surface area contributed by atoms with Gasteiger partial charge in [0.2, 0.25) is 25.9 Å². The van der Waals surface area contributed by atoms with E-state index in [1.165, 1.54) is 21.8 Å². The number of allylic oxidation sites excluding steroid dienone is 2. The number of aryl methyl sites for hydroxylation is 1. The molecule has 1 aliphatic rings. The molecule has 0 bridgehead atoms. The fourth-order valence-corrected chi connectivity index (χ4v) is 4.93. The zero-order chi connectivity index (χ0) is 28.5. The van der Waals surface area contributed by atoms with E-state index in [9.17, 15) is 26.7 Å².